The van der Waals surface area contributed by atoms with Gasteiger partial charge in [0.25, 0.3) is 0 Å². The van der Waals surface area contributed by atoms with E-state index in [0.29, 0.717) is 12.0 Å². The molecule has 0 saturated carbocycles. The molecule has 104 valence electrons. The number of hydrogen-bond donors (Lipinski definition) is 1. The van der Waals surface area contributed by atoms with Crippen LogP contribution >= 0.6 is 15.9 Å². The van der Waals surface area contributed by atoms with Gasteiger partial charge in [-0.15, -0.1) is 0 Å². The second-order valence-corrected chi connectivity index (χ2v) is 6.46. The Hall–Kier alpha value is -1.19. The monoisotopic (exact) mass is 330 g/mol. The average molecular weight is 331 g/mol. The van der Waals surface area contributed by atoms with Gasteiger partial charge in [0.05, 0.1) is 0 Å². The molecule has 0 amide bonds. The summed E-state index contributed by atoms with van der Waals surface area (Å²) in [7, 11) is 2.07. The Kier molecular flexibility index (Phi) is 4.18. The van der Waals surface area contributed by atoms with Crippen LogP contribution in [-0.2, 0) is 19.3 Å². The minimum Gasteiger partial charge on any atom is -0.316 e. The molecule has 1 heterocycles. The van der Waals surface area contributed by atoms with E-state index in [4.69, 9.17) is 0 Å². The van der Waals surface area contributed by atoms with Crippen LogP contribution in [0.15, 0.2) is 47.2 Å². The first-order chi connectivity index (χ1) is 9.76. The standard InChI is InChI=1S/C17H19BrN2/c1-19-17(7-12-6-16(18)11-20-10-12)15-8-13-4-2-3-5-14(13)9-15/h2-6,10-11,15,17,19H,7-9H2,1H3. The molecule has 2 nitrogen and oxygen atoms in total. The highest BCUT2D eigenvalue weighted by atomic mass is 79.9. The topological polar surface area (TPSA) is 24.9 Å². The van der Waals surface area contributed by atoms with Crippen molar-refractivity contribution in [2.75, 3.05) is 7.05 Å². The number of aromatic nitrogens is 1. The molecule has 2 aromatic rings. The molecule has 0 radical (unpaired) electrons. The van der Waals surface area contributed by atoms with Crippen LogP contribution in [0.2, 0.25) is 0 Å². The number of pyridine rings is 1. The highest BCUT2D eigenvalue weighted by molar-refractivity contribution is 9.10. The molecular formula is C17H19BrN2. The maximum absolute atomic E-state index is 4.26. The fraction of sp³-hybridized carbons (Fsp3) is 0.353. The Morgan fingerprint density at radius 3 is 2.55 bits per heavy atom. The van der Waals surface area contributed by atoms with Crippen LogP contribution in [-0.4, -0.2) is 18.1 Å². The quantitative estimate of drug-likeness (QED) is 0.929. The van der Waals surface area contributed by atoms with Crippen molar-refractivity contribution >= 4 is 15.9 Å². The van der Waals surface area contributed by atoms with E-state index in [2.05, 4.69) is 63.6 Å². The van der Waals surface area contributed by atoms with Gasteiger partial charge in [-0.25, -0.2) is 0 Å². The summed E-state index contributed by atoms with van der Waals surface area (Å²) < 4.78 is 1.06. The third kappa shape index (κ3) is 2.94. The van der Waals surface area contributed by atoms with E-state index in [9.17, 15) is 0 Å². The maximum atomic E-state index is 4.26. The fourth-order valence-electron chi connectivity index (χ4n) is 3.20. The fourth-order valence-corrected chi connectivity index (χ4v) is 3.62. The minimum atomic E-state index is 0.499. The van der Waals surface area contributed by atoms with Crippen LogP contribution in [0.3, 0.4) is 0 Å². The molecule has 20 heavy (non-hydrogen) atoms. The number of likely N-dealkylation sites (N-methyl/N-ethyl adjacent to an activating group) is 1. The minimum absolute atomic E-state index is 0.499. The number of nitrogens with one attached hydrogen (secondary N) is 1. The Morgan fingerprint density at radius 2 is 1.95 bits per heavy atom. The Balaban J connectivity index is 1.72. The predicted molar refractivity (Wildman–Crippen MR) is 85.8 cm³/mol. The molecule has 3 rings (SSSR count). The number of fused-ring (bicyclic) bond motifs is 1. The lowest BCUT2D eigenvalue weighted by atomic mass is 9.92. The molecule has 1 N–H and O–H groups in total. The number of benzene rings is 1. The van der Waals surface area contributed by atoms with Gasteiger partial charge in [0, 0.05) is 22.9 Å². The van der Waals surface area contributed by atoms with Gasteiger partial charge in [-0.2, -0.15) is 0 Å². The first-order valence-corrected chi connectivity index (χ1v) is 7.89. The molecule has 0 aliphatic heterocycles. The lowest BCUT2D eigenvalue weighted by Crippen LogP contribution is -2.36. The van der Waals surface area contributed by atoms with Crippen molar-refractivity contribution in [3.8, 4) is 0 Å². The van der Waals surface area contributed by atoms with Gasteiger partial charge in [-0.1, -0.05) is 24.3 Å². The number of halogens is 1. The van der Waals surface area contributed by atoms with E-state index in [1.165, 1.54) is 29.5 Å². The molecule has 1 aliphatic carbocycles. The van der Waals surface area contributed by atoms with Crippen molar-refractivity contribution in [3.63, 3.8) is 0 Å². The zero-order valence-electron chi connectivity index (χ0n) is 11.6. The first-order valence-electron chi connectivity index (χ1n) is 7.09. The van der Waals surface area contributed by atoms with E-state index >= 15 is 0 Å². The second kappa shape index (κ2) is 6.06. The highest BCUT2D eigenvalue weighted by Crippen LogP contribution is 2.29. The highest BCUT2D eigenvalue weighted by Gasteiger charge is 2.27. The normalized spacial score (nSPS) is 16.1. The van der Waals surface area contributed by atoms with Gasteiger partial charge >= 0.3 is 0 Å². The lowest BCUT2D eigenvalue weighted by Gasteiger charge is -2.23. The Labute approximate surface area is 128 Å². The zero-order valence-corrected chi connectivity index (χ0v) is 13.2. The lowest BCUT2D eigenvalue weighted by molar-refractivity contribution is 0.383. The molecule has 0 fully saturated rings. The van der Waals surface area contributed by atoms with Crippen LogP contribution in [0, 0.1) is 5.92 Å². The summed E-state index contributed by atoms with van der Waals surface area (Å²) in [4.78, 5) is 4.26. The largest absolute Gasteiger partial charge is 0.316 e. The van der Waals surface area contributed by atoms with Crippen LogP contribution in [0.4, 0.5) is 0 Å². The second-order valence-electron chi connectivity index (χ2n) is 5.55. The van der Waals surface area contributed by atoms with E-state index in [-0.39, 0.29) is 0 Å². The molecule has 1 aliphatic rings. The van der Waals surface area contributed by atoms with E-state index in [1.807, 2.05) is 12.4 Å². The third-order valence-electron chi connectivity index (χ3n) is 4.24. The number of rotatable bonds is 4. The van der Waals surface area contributed by atoms with E-state index in [0.717, 1.165) is 10.9 Å². The Bertz CT molecular complexity index is 572. The van der Waals surface area contributed by atoms with Gasteiger partial charge in [-0.05, 0) is 70.9 Å². The summed E-state index contributed by atoms with van der Waals surface area (Å²) in [6.07, 6.45) is 7.20. The molecule has 1 aromatic carbocycles. The van der Waals surface area contributed by atoms with Gasteiger partial charge in [-0.3, -0.25) is 4.98 Å². The number of hydrogen-bond acceptors (Lipinski definition) is 2. The van der Waals surface area contributed by atoms with Crippen molar-refractivity contribution in [2.45, 2.75) is 25.3 Å². The zero-order chi connectivity index (χ0) is 13.9. The summed E-state index contributed by atoms with van der Waals surface area (Å²) in [5, 5.41) is 3.50. The van der Waals surface area contributed by atoms with Gasteiger partial charge in [0.15, 0.2) is 0 Å². The smallest absolute Gasteiger partial charge is 0.0410 e. The maximum Gasteiger partial charge on any atom is 0.0410 e. The molecular weight excluding hydrogens is 312 g/mol. The van der Waals surface area contributed by atoms with Crippen molar-refractivity contribution < 1.29 is 0 Å². The molecule has 0 spiro atoms. The molecule has 0 saturated heterocycles. The van der Waals surface area contributed by atoms with Crippen LogP contribution in [0.5, 0.6) is 0 Å². The van der Waals surface area contributed by atoms with Crippen molar-refractivity contribution in [1.29, 1.82) is 0 Å². The summed E-state index contributed by atoms with van der Waals surface area (Å²) in [5.41, 5.74) is 4.32. The van der Waals surface area contributed by atoms with E-state index in [1.54, 1.807) is 0 Å². The molecule has 0 bridgehead atoms. The molecule has 3 heteroatoms. The summed E-state index contributed by atoms with van der Waals surface area (Å²) in [6, 6.07) is 11.5. The molecule has 1 aromatic heterocycles. The summed E-state index contributed by atoms with van der Waals surface area (Å²) in [5.74, 6) is 0.677. The SMILES string of the molecule is CNC(Cc1cncc(Br)c1)C1Cc2ccccc2C1. The van der Waals surface area contributed by atoms with E-state index < -0.39 is 0 Å². The van der Waals surface area contributed by atoms with Crippen LogP contribution in [0.1, 0.15) is 16.7 Å². The van der Waals surface area contributed by atoms with Gasteiger partial charge < -0.3 is 5.32 Å². The average Bonchev–Trinajstić information content (AvgIpc) is 2.88. The van der Waals surface area contributed by atoms with Crippen molar-refractivity contribution in [1.82, 2.24) is 10.3 Å². The first kappa shape index (κ1) is 13.8. The molecule has 1 unspecified atom stereocenters. The van der Waals surface area contributed by atoms with Crippen molar-refractivity contribution in [3.05, 3.63) is 63.9 Å². The summed E-state index contributed by atoms with van der Waals surface area (Å²) >= 11 is 3.50. The molecule has 1 atom stereocenters. The summed E-state index contributed by atoms with van der Waals surface area (Å²) in [6.45, 7) is 0. The van der Waals surface area contributed by atoms with Gasteiger partial charge in [0.2, 0.25) is 0 Å². The number of nitrogens with zero attached hydrogens (tertiary/aromatic N) is 1. The van der Waals surface area contributed by atoms with Crippen LogP contribution in [0.25, 0.3) is 0 Å². The third-order valence-corrected chi connectivity index (χ3v) is 4.67. The van der Waals surface area contributed by atoms with Gasteiger partial charge in [0.1, 0.15) is 0 Å². The predicted octanol–water partition coefficient (Wildman–Crippen LogP) is 3.39. The Morgan fingerprint density at radius 1 is 1.25 bits per heavy atom. The van der Waals surface area contributed by atoms with Crippen molar-refractivity contribution in [2.24, 2.45) is 5.92 Å². The van der Waals surface area contributed by atoms with Crippen LogP contribution < -0.4 is 5.32 Å².